The van der Waals surface area contributed by atoms with Crippen LogP contribution in [-0.2, 0) is 0 Å². The van der Waals surface area contributed by atoms with Crippen molar-refractivity contribution in [1.82, 2.24) is 15.0 Å². The largest absolute Gasteiger partial charge is 0.455 e. The molecule has 5 nitrogen and oxygen atoms in total. The molecule has 0 bridgehead atoms. The minimum absolute atomic E-state index is 0.0235. The molecule has 0 aliphatic rings. The summed E-state index contributed by atoms with van der Waals surface area (Å²) in [4.78, 5) is 14.6. The number of fused-ring (bicyclic) bond motifs is 6. The maximum Gasteiger partial charge on any atom is 0.167 e. The summed E-state index contributed by atoms with van der Waals surface area (Å²) >= 11 is 0. The Labute approximate surface area is 330 Å². The number of furan rings is 2. The summed E-state index contributed by atoms with van der Waals surface area (Å²) in [5, 5.41) is 1.92. The molecule has 0 amide bonds. The third-order valence-corrected chi connectivity index (χ3v) is 10.0. The predicted molar refractivity (Wildman–Crippen MR) is 227 cm³/mol. The van der Waals surface area contributed by atoms with E-state index >= 15 is 0 Å². The first kappa shape index (κ1) is 26.2. The lowest BCUT2D eigenvalue weighted by Gasteiger charge is -2.11. The van der Waals surface area contributed by atoms with Crippen LogP contribution < -0.4 is 0 Å². The molecule has 3 aromatic heterocycles. The molecule has 0 fully saturated rings. The van der Waals surface area contributed by atoms with Crippen LogP contribution in [0.4, 0.5) is 0 Å². The molecule has 0 aliphatic carbocycles. The molecule has 0 saturated carbocycles. The van der Waals surface area contributed by atoms with E-state index in [1.165, 1.54) is 0 Å². The van der Waals surface area contributed by atoms with Crippen LogP contribution in [0.25, 0.3) is 111 Å². The van der Waals surface area contributed by atoms with Crippen molar-refractivity contribution in [2.45, 2.75) is 0 Å². The van der Waals surface area contributed by atoms with Gasteiger partial charge >= 0.3 is 0 Å². The van der Waals surface area contributed by atoms with E-state index in [2.05, 4.69) is 6.07 Å². The smallest absolute Gasteiger partial charge is 0.167 e. The van der Waals surface area contributed by atoms with E-state index in [0.29, 0.717) is 27.9 Å². The summed E-state index contributed by atoms with van der Waals surface area (Å²) in [6, 6.07) is 46.5. The van der Waals surface area contributed by atoms with Gasteiger partial charge in [0.15, 0.2) is 17.5 Å². The summed E-state index contributed by atoms with van der Waals surface area (Å²) in [5.41, 5.74) is 6.86. The van der Waals surface area contributed by atoms with Crippen LogP contribution in [0.3, 0.4) is 0 Å². The van der Waals surface area contributed by atoms with Crippen LogP contribution in [0.15, 0.2) is 197 Å². The Kier molecular flexibility index (Phi) is 6.10. The van der Waals surface area contributed by atoms with Gasteiger partial charge in [-0.1, -0.05) is 145 Å². The summed E-state index contributed by atoms with van der Waals surface area (Å²) in [6.07, 6.45) is 0. The van der Waals surface area contributed by atoms with Crippen LogP contribution in [0.2, 0.25) is 0 Å². The normalized spacial score (nSPS) is 13.1. The Bertz CT molecular complexity index is 3540. The molecule has 0 aliphatic heterocycles. The third-order valence-electron chi connectivity index (χ3n) is 10.0. The molecule has 0 spiro atoms. The zero-order chi connectivity index (χ0) is 42.2. The van der Waals surface area contributed by atoms with Crippen LogP contribution in [0, 0.1) is 0 Å². The molecule has 0 atom stereocenters. The lowest BCUT2D eigenvalue weighted by molar-refractivity contribution is 0.669. The van der Waals surface area contributed by atoms with Crippen molar-refractivity contribution in [3.05, 3.63) is 188 Å². The average molecular weight is 724 g/mol. The number of aromatic nitrogens is 3. The van der Waals surface area contributed by atoms with E-state index in [4.69, 9.17) is 26.5 Å². The molecule has 0 saturated heterocycles. The maximum atomic E-state index is 9.68. The van der Waals surface area contributed by atoms with Crippen molar-refractivity contribution in [3.8, 4) is 67.5 Å². The van der Waals surface area contributed by atoms with Gasteiger partial charge in [-0.25, -0.2) is 15.0 Å². The molecule has 0 radical (unpaired) electrons. The first-order chi connectivity index (χ1) is 30.2. The minimum atomic E-state index is -0.363. The zero-order valence-electron chi connectivity index (χ0n) is 35.6. The number of benzene rings is 8. The lowest BCUT2D eigenvalue weighted by Crippen LogP contribution is -2.00. The van der Waals surface area contributed by atoms with Gasteiger partial charge in [-0.2, -0.15) is 0 Å². The second-order valence-electron chi connectivity index (χ2n) is 13.5. The van der Waals surface area contributed by atoms with Crippen molar-refractivity contribution in [2.24, 2.45) is 0 Å². The molecule has 262 valence electrons. The molecule has 3 heterocycles. The number of rotatable bonds is 6. The first-order valence-electron chi connectivity index (χ1n) is 21.2. The summed E-state index contributed by atoms with van der Waals surface area (Å²) in [5.74, 6) is 0.508. The summed E-state index contributed by atoms with van der Waals surface area (Å²) in [6.45, 7) is 0. The molecule has 5 heteroatoms. The Morgan fingerprint density at radius 2 is 0.929 bits per heavy atom. The molecule has 11 aromatic rings. The fourth-order valence-corrected chi connectivity index (χ4v) is 7.35. The first-order valence-corrected chi connectivity index (χ1v) is 18.2. The molecule has 0 N–H and O–H groups in total. The molecule has 11 rings (SSSR count). The van der Waals surface area contributed by atoms with E-state index in [-0.39, 0.29) is 86.8 Å². The highest BCUT2D eigenvalue weighted by atomic mass is 16.3. The molecule has 56 heavy (non-hydrogen) atoms. The number of hydrogen-bond acceptors (Lipinski definition) is 5. The fourth-order valence-electron chi connectivity index (χ4n) is 7.35. The Hall–Kier alpha value is -7.63. The molecular formula is C51H31N3O2. The van der Waals surface area contributed by atoms with Crippen molar-refractivity contribution in [3.63, 3.8) is 0 Å². The quantitative estimate of drug-likeness (QED) is 0.171. The van der Waals surface area contributed by atoms with Crippen molar-refractivity contribution in [2.75, 3.05) is 0 Å². The Morgan fingerprint density at radius 1 is 0.357 bits per heavy atom. The van der Waals surface area contributed by atoms with Gasteiger partial charge in [-0.3, -0.25) is 0 Å². The van der Waals surface area contributed by atoms with Crippen LogP contribution in [0.5, 0.6) is 0 Å². The van der Waals surface area contributed by atoms with Crippen LogP contribution in [-0.4, -0.2) is 15.0 Å². The van der Waals surface area contributed by atoms with Gasteiger partial charge in [0.1, 0.15) is 22.3 Å². The van der Waals surface area contributed by atoms with E-state index in [0.717, 1.165) is 33.0 Å². The standard InChI is InChI=1S/C51H31N3O2/c1-4-14-32(15-5-1)36-28-37(33-16-6-2-7-17-33)30-38(29-36)39-21-12-22-43-41-27-26-35(31-46(41)56-47(39)43)50-52-49(34-18-8-3-9-19-34)53-51(54-50)44-24-13-23-42-40-20-10-11-25-45(40)55-48(42)44/h1-31H/i12D,21D,22D,26D,27D,31D. The molecular weight excluding hydrogens is 687 g/mol. The maximum absolute atomic E-state index is 9.68. The van der Waals surface area contributed by atoms with Crippen molar-refractivity contribution < 1.29 is 17.1 Å². The van der Waals surface area contributed by atoms with E-state index in [1.807, 2.05) is 146 Å². The SMILES string of the molecule is [2H]c1c([2H])c([2H])c2c(oc3c([2H])c(-c4nc(-c5ccccc5)nc(-c5cccc6c5oc5ccccc56)n4)c([2H])c([2H])c32)c1-c1cc(-c2ccccc2)cc(-c2ccccc2)c1. The molecule has 0 unspecified atom stereocenters. The highest BCUT2D eigenvalue weighted by Crippen LogP contribution is 2.41. The van der Waals surface area contributed by atoms with Crippen molar-refractivity contribution in [1.29, 1.82) is 0 Å². The second-order valence-corrected chi connectivity index (χ2v) is 13.5. The Balaban J connectivity index is 1.18. The second kappa shape index (κ2) is 13.0. The van der Waals surface area contributed by atoms with Gasteiger partial charge in [-0.05, 0) is 70.2 Å². The number of hydrogen-bond donors (Lipinski definition) is 0. The number of para-hydroxylation sites is 3. The topological polar surface area (TPSA) is 65.0 Å². The monoisotopic (exact) mass is 723 g/mol. The van der Waals surface area contributed by atoms with E-state index in [1.54, 1.807) is 0 Å². The third kappa shape index (κ3) is 5.45. The predicted octanol–water partition coefficient (Wildman–Crippen LogP) is 13.7. The molecule has 8 aromatic carbocycles. The Morgan fingerprint density at radius 3 is 1.66 bits per heavy atom. The van der Waals surface area contributed by atoms with Crippen molar-refractivity contribution >= 4 is 43.9 Å². The fraction of sp³-hybridized carbons (Fsp3) is 0. The zero-order valence-corrected chi connectivity index (χ0v) is 29.6. The van der Waals surface area contributed by atoms with Crippen LogP contribution in [0.1, 0.15) is 8.22 Å². The lowest BCUT2D eigenvalue weighted by atomic mass is 9.92. The average Bonchev–Trinajstić information content (AvgIpc) is 3.91. The van der Waals surface area contributed by atoms with Crippen LogP contribution >= 0.6 is 0 Å². The summed E-state index contributed by atoms with van der Waals surface area (Å²) < 4.78 is 69.0. The van der Waals surface area contributed by atoms with Gasteiger partial charge in [-0.15, -0.1) is 0 Å². The van der Waals surface area contributed by atoms with Gasteiger partial charge in [0, 0.05) is 38.2 Å². The highest BCUT2D eigenvalue weighted by molar-refractivity contribution is 6.11. The van der Waals surface area contributed by atoms with Gasteiger partial charge in [0.05, 0.1) is 13.8 Å². The van der Waals surface area contributed by atoms with Gasteiger partial charge in [0.25, 0.3) is 0 Å². The van der Waals surface area contributed by atoms with Gasteiger partial charge in [0.2, 0.25) is 0 Å². The van der Waals surface area contributed by atoms with Gasteiger partial charge < -0.3 is 8.83 Å². The van der Waals surface area contributed by atoms with E-state index in [9.17, 15) is 5.48 Å². The highest BCUT2D eigenvalue weighted by Gasteiger charge is 2.20. The van der Waals surface area contributed by atoms with E-state index < -0.39 is 0 Å². The minimum Gasteiger partial charge on any atom is -0.455 e. The number of nitrogens with zero attached hydrogens (tertiary/aromatic N) is 3. The summed E-state index contributed by atoms with van der Waals surface area (Å²) in [7, 11) is 0.